The van der Waals surface area contributed by atoms with Crippen molar-refractivity contribution in [3.05, 3.63) is 0 Å². The molecule has 0 bridgehead atoms. The van der Waals surface area contributed by atoms with Crippen molar-refractivity contribution in [1.82, 2.24) is 9.80 Å². The number of hydrogen-bond acceptors (Lipinski definition) is 2. The van der Waals surface area contributed by atoms with Gasteiger partial charge in [-0.05, 0) is 52.4 Å². The highest BCUT2D eigenvalue weighted by molar-refractivity contribution is 5.76. The van der Waals surface area contributed by atoms with E-state index in [0.717, 1.165) is 6.54 Å². The maximum absolute atomic E-state index is 12.7. The summed E-state index contributed by atoms with van der Waals surface area (Å²) in [4.78, 5) is 27.6. The van der Waals surface area contributed by atoms with Gasteiger partial charge in [-0.25, -0.2) is 4.79 Å². The van der Waals surface area contributed by atoms with Gasteiger partial charge in [-0.3, -0.25) is 4.79 Å². The molecule has 1 heterocycles. The summed E-state index contributed by atoms with van der Waals surface area (Å²) < 4.78 is 0. The lowest BCUT2D eigenvalue weighted by Crippen LogP contribution is -2.53. The molecule has 2 atom stereocenters. The van der Waals surface area contributed by atoms with Crippen LogP contribution in [-0.2, 0) is 4.79 Å². The van der Waals surface area contributed by atoms with Crippen LogP contribution < -0.4 is 0 Å². The Balaban J connectivity index is 1.98. The third-order valence-electron chi connectivity index (χ3n) is 4.49. The molecular formula is C15H26N2O3. The van der Waals surface area contributed by atoms with E-state index in [1.54, 1.807) is 0 Å². The molecule has 0 aromatic carbocycles. The Morgan fingerprint density at radius 2 is 1.95 bits per heavy atom. The van der Waals surface area contributed by atoms with Gasteiger partial charge < -0.3 is 14.9 Å². The van der Waals surface area contributed by atoms with Crippen molar-refractivity contribution in [2.24, 2.45) is 11.8 Å². The Hall–Kier alpha value is -1.26. The van der Waals surface area contributed by atoms with Crippen LogP contribution in [0.25, 0.3) is 0 Å². The van der Waals surface area contributed by atoms with Crippen LogP contribution in [0, 0.1) is 11.8 Å². The fourth-order valence-electron chi connectivity index (χ4n) is 2.93. The SMILES string of the molecule is CC(C)N(CC1CC1)C(=O)N1CCC(C(=O)O)CC1C. The fourth-order valence-corrected chi connectivity index (χ4v) is 2.93. The van der Waals surface area contributed by atoms with Gasteiger partial charge in [-0.15, -0.1) is 0 Å². The van der Waals surface area contributed by atoms with Gasteiger partial charge >= 0.3 is 12.0 Å². The van der Waals surface area contributed by atoms with E-state index in [0.29, 0.717) is 25.3 Å². The average molecular weight is 282 g/mol. The lowest BCUT2D eigenvalue weighted by molar-refractivity contribution is -0.143. The summed E-state index contributed by atoms with van der Waals surface area (Å²) in [5.41, 5.74) is 0. The molecule has 0 radical (unpaired) electrons. The maximum atomic E-state index is 12.7. The molecule has 0 spiro atoms. The van der Waals surface area contributed by atoms with E-state index in [9.17, 15) is 9.59 Å². The Kier molecular flexibility index (Phi) is 4.55. The number of urea groups is 1. The number of aliphatic carboxylic acids is 1. The highest BCUT2D eigenvalue weighted by atomic mass is 16.4. The van der Waals surface area contributed by atoms with Crippen molar-refractivity contribution in [3.63, 3.8) is 0 Å². The number of amides is 2. The Morgan fingerprint density at radius 1 is 1.30 bits per heavy atom. The molecule has 1 aliphatic heterocycles. The molecule has 5 nitrogen and oxygen atoms in total. The number of carbonyl (C=O) groups excluding carboxylic acids is 1. The van der Waals surface area contributed by atoms with E-state index >= 15 is 0 Å². The van der Waals surface area contributed by atoms with Crippen LogP contribution in [0.4, 0.5) is 4.79 Å². The predicted molar refractivity (Wildman–Crippen MR) is 76.5 cm³/mol. The van der Waals surface area contributed by atoms with Crippen LogP contribution in [0.2, 0.25) is 0 Å². The molecule has 114 valence electrons. The Labute approximate surface area is 120 Å². The summed E-state index contributed by atoms with van der Waals surface area (Å²) in [6.45, 7) is 7.47. The van der Waals surface area contributed by atoms with Crippen LogP contribution in [-0.4, -0.2) is 52.1 Å². The van der Waals surface area contributed by atoms with E-state index in [1.165, 1.54) is 12.8 Å². The zero-order chi connectivity index (χ0) is 14.9. The molecule has 1 aliphatic carbocycles. The molecule has 2 rings (SSSR count). The van der Waals surface area contributed by atoms with Crippen molar-refractivity contribution in [1.29, 1.82) is 0 Å². The lowest BCUT2D eigenvalue weighted by atomic mass is 9.92. The zero-order valence-electron chi connectivity index (χ0n) is 12.7. The molecule has 1 saturated carbocycles. The van der Waals surface area contributed by atoms with Gasteiger partial charge in [0.25, 0.3) is 0 Å². The Bertz CT molecular complexity index is 379. The minimum Gasteiger partial charge on any atom is -0.481 e. The van der Waals surface area contributed by atoms with Crippen molar-refractivity contribution < 1.29 is 14.7 Å². The monoisotopic (exact) mass is 282 g/mol. The van der Waals surface area contributed by atoms with Crippen LogP contribution in [0.5, 0.6) is 0 Å². The number of likely N-dealkylation sites (tertiary alicyclic amines) is 1. The lowest BCUT2D eigenvalue weighted by Gasteiger charge is -2.40. The smallest absolute Gasteiger partial charge is 0.320 e. The number of piperidine rings is 1. The summed E-state index contributed by atoms with van der Waals surface area (Å²) in [7, 11) is 0. The van der Waals surface area contributed by atoms with Crippen LogP contribution in [0.15, 0.2) is 0 Å². The molecule has 5 heteroatoms. The van der Waals surface area contributed by atoms with Crippen molar-refractivity contribution in [2.45, 2.75) is 58.5 Å². The van der Waals surface area contributed by atoms with Crippen LogP contribution in [0.1, 0.15) is 46.5 Å². The topological polar surface area (TPSA) is 60.9 Å². The van der Waals surface area contributed by atoms with E-state index in [-0.39, 0.29) is 24.0 Å². The molecule has 20 heavy (non-hydrogen) atoms. The predicted octanol–water partition coefficient (Wildman–Crippen LogP) is 2.41. The Morgan fingerprint density at radius 3 is 2.40 bits per heavy atom. The van der Waals surface area contributed by atoms with Gasteiger partial charge in [0.1, 0.15) is 0 Å². The first-order valence-electron chi connectivity index (χ1n) is 7.70. The van der Waals surface area contributed by atoms with E-state index < -0.39 is 5.97 Å². The maximum Gasteiger partial charge on any atom is 0.320 e. The molecule has 0 aromatic rings. The molecule has 2 unspecified atom stereocenters. The van der Waals surface area contributed by atoms with Crippen molar-refractivity contribution in [2.75, 3.05) is 13.1 Å². The van der Waals surface area contributed by atoms with Crippen molar-refractivity contribution >= 4 is 12.0 Å². The van der Waals surface area contributed by atoms with Gasteiger partial charge in [-0.2, -0.15) is 0 Å². The molecule has 0 aromatic heterocycles. The second-order valence-electron chi connectivity index (χ2n) is 6.57. The highest BCUT2D eigenvalue weighted by Crippen LogP contribution is 2.31. The molecular weight excluding hydrogens is 256 g/mol. The third kappa shape index (κ3) is 3.44. The quantitative estimate of drug-likeness (QED) is 0.861. The summed E-state index contributed by atoms with van der Waals surface area (Å²) in [6, 6.07) is 0.300. The molecule has 2 amide bonds. The summed E-state index contributed by atoms with van der Waals surface area (Å²) in [6.07, 6.45) is 3.59. The third-order valence-corrected chi connectivity index (χ3v) is 4.49. The first kappa shape index (κ1) is 15.1. The normalized spacial score (nSPS) is 26.7. The molecule has 2 fully saturated rings. The fraction of sp³-hybridized carbons (Fsp3) is 0.867. The van der Waals surface area contributed by atoms with Gasteiger partial charge in [0.2, 0.25) is 0 Å². The van der Waals surface area contributed by atoms with Gasteiger partial charge in [0, 0.05) is 25.2 Å². The van der Waals surface area contributed by atoms with Gasteiger partial charge in [0.15, 0.2) is 0 Å². The van der Waals surface area contributed by atoms with E-state index in [4.69, 9.17) is 5.11 Å². The zero-order valence-corrected chi connectivity index (χ0v) is 12.7. The molecule has 1 N–H and O–H groups in total. The van der Waals surface area contributed by atoms with Gasteiger partial charge in [-0.1, -0.05) is 0 Å². The minimum atomic E-state index is -0.734. The average Bonchev–Trinajstić information content (AvgIpc) is 3.18. The highest BCUT2D eigenvalue weighted by Gasteiger charge is 2.36. The van der Waals surface area contributed by atoms with Gasteiger partial charge in [0.05, 0.1) is 5.92 Å². The number of carboxylic acids is 1. The summed E-state index contributed by atoms with van der Waals surface area (Å²) >= 11 is 0. The van der Waals surface area contributed by atoms with Crippen LogP contribution in [0.3, 0.4) is 0 Å². The number of hydrogen-bond donors (Lipinski definition) is 1. The van der Waals surface area contributed by atoms with Crippen LogP contribution >= 0.6 is 0 Å². The summed E-state index contributed by atoms with van der Waals surface area (Å²) in [5, 5.41) is 9.09. The number of carboxylic acid groups (broad SMARTS) is 1. The molecule has 2 aliphatic rings. The molecule has 1 saturated heterocycles. The second kappa shape index (κ2) is 6.02. The van der Waals surface area contributed by atoms with E-state index in [1.807, 2.05) is 16.7 Å². The number of nitrogens with zero attached hydrogens (tertiary/aromatic N) is 2. The first-order chi connectivity index (χ1) is 9.40. The standard InChI is InChI=1S/C15H26N2O3/c1-10(2)17(9-12-4-5-12)15(20)16-7-6-13(14(18)19)8-11(16)3/h10-13H,4-9H2,1-3H3,(H,18,19). The van der Waals surface area contributed by atoms with E-state index in [2.05, 4.69) is 13.8 Å². The minimum absolute atomic E-state index is 0.0119. The second-order valence-corrected chi connectivity index (χ2v) is 6.57. The number of carbonyl (C=O) groups is 2. The largest absolute Gasteiger partial charge is 0.481 e. The van der Waals surface area contributed by atoms with Crippen molar-refractivity contribution in [3.8, 4) is 0 Å². The summed E-state index contributed by atoms with van der Waals surface area (Å²) in [5.74, 6) is -0.360. The number of rotatable bonds is 4. The first-order valence-corrected chi connectivity index (χ1v) is 7.70.